The predicted octanol–water partition coefficient (Wildman–Crippen LogP) is 0.307. The summed E-state index contributed by atoms with van der Waals surface area (Å²) in [6, 6.07) is 9.42. The largest absolute Gasteiger partial charge is 0.368 e. The van der Waals surface area contributed by atoms with Crippen LogP contribution in [0.5, 0.6) is 0 Å². The maximum atomic E-state index is 13.0. The summed E-state index contributed by atoms with van der Waals surface area (Å²) >= 11 is 5.92. The quantitative estimate of drug-likeness (QED) is 0.163. The molecule has 174 valence electrons. The minimum Gasteiger partial charge on any atom is -0.368 e. The first kappa shape index (κ1) is 25.2. The molecule has 0 saturated carbocycles. The number of nitrogens with one attached hydrogen (secondary N) is 3. The molecular weight excluding hydrogens is 460 g/mol. The molecule has 0 aliphatic carbocycles. The van der Waals surface area contributed by atoms with Crippen LogP contribution in [0.2, 0.25) is 5.02 Å². The molecule has 0 aliphatic heterocycles. The van der Waals surface area contributed by atoms with Gasteiger partial charge in [-0.25, -0.2) is 13.9 Å². The fourth-order valence-corrected chi connectivity index (χ4v) is 4.20. The highest BCUT2D eigenvalue weighted by Crippen LogP contribution is 2.18. The summed E-state index contributed by atoms with van der Waals surface area (Å²) in [6.07, 6.45) is 0. The van der Waals surface area contributed by atoms with Crippen molar-refractivity contribution in [2.24, 2.45) is 5.73 Å². The third kappa shape index (κ3) is 6.97. The van der Waals surface area contributed by atoms with Crippen molar-refractivity contribution in [2.75, 3.05) is 24.5 Å². The van der Waals surface area contributed by atoms with E-state index in [0.717, 1.165) is 4.31 Å². The maximum Gasteiger partial charge on any atom is 0.275 e. The molecule has 0 unspecified atom stereocenters. The van der Waals surface area contributed by atoms with Crippen LogP contribution in [-0.2, 0) is 32.0 Å². The second-order valence-corrected chi connectivity index (χ2v) is 9.26. The Morgan fingerprint density at radius 2 is 2.03 bits per heavy atom. The Morgan fingerprint density at radius 3 is 2.69 bits per heavy atom. The summed E-state index contributed by atoms with van der Waals surface area (Å²) in [5.41, 5.74) is 7.46. The third-order valence-corrected chi connectivity index (χ3v) is 6.34. The number of hydrogen-bond donors (Lipinski definition) is 4. The van der Waals surface area contributed by atoms with Crippen molar-refractivity contribution in [3.63, 3.8) is 0 Å². The number of halogens is 1. The lowest BCUT2D eigenvalue weighted by Crippen LogP contribution is -2.39. The van der Waals surface area contributed by atoms with Gasteiger partial charge in [-0.2, -0.15) is 0 Å². The zero-order chi connectivity index (χ0) is 23.9. The van der Waals surface area contributed by atoms with E-state index >= 15 is 0 Å². The molecule has 13 heteroatoms. The molecule has 32 heavy (non-hydrogen) atoms. The van der Waals surface area contributed by atoms with E-state index in [1.54, 1.807) is 37.3 Å². The number of aromatic nitrogens is 1. The highest BCUT2D eigenvalue weighted by atomic mass is 35.5. The van der Waals surface area contributed by atoms with E-state index in [4.69, 9.17) is 27.6 Å². The SMILES string of the molecule is Cc1ccc(N(C)S(=O)(=O)Cc2cccc(Cl)c2)c(=O)n1CC(=O)NCCONC(=N)N. The van der Waals surface area contributed by atoms with Crippen molar-refractivity contribution < 1.29 is 18.0 Å². The van der Waals surface area contributed by atoms with Crippen LogP contribution in [0.25, 0.3) is 0 Å². The number of aryl methyl sites for hydroxylation is 1. The zero-order valence-corrected chi connectivity index (χ0v) is 19.2. The van der Waals surface area contributed by atoms with Gasteiger partial charge in [-0.1, -0.05) is 23.7 Å². The topological polar surface area (TPSA) is 160 Å². The molecule has 0 radical (unpaired) electrons. The number of hydrogen-bond acceptors (Lipinski definition) is 6. The van der Waals surface area contributed by atoms with Crippen molar-refractivity contribution >= 4 is 39.2 Å². The average molecular weight is 485 g/mol. The number of carbonyl (C=O) groups is 1. The predicted molar refractivity (Wildman–Crippen MR) is 122 cm³/mol. The summed E-state index contributed by atoms with van der Waals surface area (Å²) < 4.78 is 27.8. The van der Waals surface area contributed by atoms with E-state index in [0.29, 0.717) is 16.3 Å². The van der Waals surface area contributed by atoms with Crippen molar-refractivity contribution in [1.82, 2.24) is 15.4 Å². The molecule has 1 aromatic carbocycles. The van der Waals surface area contributed by atoms with Gasteiger partial charge < -0.3 is 15.6 Å². The molecule has 0 bridgehead atoms. The molecule has 0 fully saturated rings. The lowest BCUT2D eigenvalue weighted by Gasteiger charge is -2.21. The molecule has 0 spiro atoms. The Labute approximate surface area is 190 Å². The zero-order valence-electron chi connectivity index (χ0n) is 17.6. The smallest absolute Gasteiger partial charge is 0.275 e. The minimum atomic E-state index is -3.88. The van der Waals surface area contributed by atoms with Gasteiger partial charge in [0.2, 0.25) is 21.9 Å². The van der Waals surface area contributed by atoms with Crippen LogP contribution in [0.15, 0.2) is 41.2 Å². The van der Waals surface area contributed by atoms with Crippen LogP contribution in [0.3, 0.4) is 0 Å². The number of amides is 1. The molecule has 1 heterocycles. The molecule has 11 nitrogen and oxygen atoms in total. The first-order chi connectivity index (χ1) is 15.0. The van der Waals surface area contributed by atoms with Crippen LogP contribution >= 0.6 is 11.6 Å². The monoisotopic (exact) mass is 484 g/mol. The van der Waals surface area contributed by atoms with Gasteiger partial charge in [-0.05, 0) is 36.8 Å². The summed E-state index contributed by atoms with van der Waals surface area (Å²) in [4.78, 5) is 30.0. The van der Waals surface area contributed by atoms with Gasteiger partial charge in [-0.15, -0.1) is 0 Å². The lowest BCUT2D eigenvalue weighted by molar-refractivity contribution is -0.122. The maximum absolute atomic E-state index is 13.0. The van der Waals surface area contributed by atoms with Gasteiger partial charge in [-0.3, -0.25) is 24.1 Å². The van der Waals surface area contributed by atoms with Crippen molar-refractivity contribution in [2.45, 2.75) is 19.2 Å². The number of carbonyl (C=O) groups excluding carboxylic acids is 1. The number of benzene rings is 1. The van der Waals surface area contributed by atoms with Gasteiger partial charge in [0.25, 0.3) is 5.56 Å². The van der Waals surface area contributed by atoms with E-state index in [9.17, 15) is 18.0 Å². The van der Waals surface area contributed by atoms with Crippen LogP contribution < -0.4 is 26.4 Å². The Kier molecular flexibility index (Phi) is 8.63. The number of hydroxylamine groups is 1. The molecule has 0 atom stereocenters. The summed E-state index contributed by atoms with van der Waals surface area (Å²) in [6.45, 7) is 1.49. The van der Waals surface area contributed by atoms with Gasteiger partial charge in [0.05, 0.1) is 12.4 Å². The van der Waals surface area contributed by atoms with Gasteiger partial charge in [0.15, 0.2) is 0 Å². The number of sulfonamides is 1. The third-order valence-electron chi connectivity index (χ3n) is 4.38. The fourth-order valence-electron chi connectivity index (χ4n) is 2.75. The Balaban J connectivity index is 2.13. The molecule has 0 saturated heterocycles. The van der Waals surface area contributed by atoms with Crippen molar-refractivity contribution in [3.05, 3.63) is 63.0 Å². The first-order valence-electron chi connectivity index (χ1n) is 9.41. The number of guanidine groups is 1. The highest BCUT2D eigenvalue weighted by Gasteiger charge is 2.23. The molecule has 2 aromatic rings. The Bertz CT molecular complexity index is 1150. The average Bonchev–Trinajstić information content (AvgIpc) is 2.70. The van der Waals surface area contributed by atoms with E-state index in [2.05, 4.69) is 10.8 Å². The Morgan fingerprint density at radius 1 is 1.31 bits per heavy atom. The number of anilines is 1. The number of rotatable bonds is 10. The highest BCUT2D eigenvalue weighted by molar-refractivity contribution is 7.92. The minimum absolute atomic E-state index is 0.0454. The van der Waals surface area contributed by atoms with Crippen LogP contribution in [-0.4, -0.2) is 45.1 Å². The summed E-state index contributed by atoms with van der Waals surface area (Å²) in [7, 11) is -2.59. The molecular formula is C19H25ClN6O5S. The van der Waals surface area contributed by atoms with E-state index < -0.39 is 21.5 Å². The second kappa shape index (κ2) is 11.0. The van der Waals surface area contributed by atoms with Crippen LogP contribution in [0, 0.1) is 12.3 Å². The molecule has 0 aliphatic rings. The van der Waals surface area contributed by atoms with Crippen LogP contribution in [0.1, 0.15) is 11.3 Å². The second-order valence-electron chi connectivity index (χ2n) is 6.82. The number of nitrogens with zero attached hydrogens (tertiary/aromatic N) is 2. The summed E-state index contributed by atoms with van der Waals surface area (Å²) in [5, 5.41) is 9.91. The van der Waals surface area contributed by atoms with Gasteiger partial charge >= 0.3 is 0 Å². The number of pyridine rings is 1. The van der Waals surface area contributed by atoms with Crippen molar-refractivity contribution in [1.29, 1.82) is 5.41 Å². The van der Waals surface area contributed by atoms with Gasteiger partial charge in [0, 0.05) is 24.3 Å². The lowest BCUT2D eigenvalue weighted by atomic mass is 10.2. The normalized spacial score (nSPS) is 11.1. The standard InChI is InChI=1S/C19H25ClN6O5S/c1-13-6-7-16(25(2)32(29,30)12-14-4-3-5-15(20)10-14)18(28)26(13)11-17(27)23-8-9-31-24-19(21)22/h3-7,10H,8-9,11-12H2,1-2H3,(H,23,27)(H4,21,22,24). The van der Waals surface area contributed by atoms with Crippen LogP contribution in [0.4, 0.5) is 5.69 Å². The molecule has 2 rings (SSSR count). The Hall–Kier alpha value is -3.09. The van der Waals surface area contributed by atoms with E-state index in [1.807, 2.05) is 0 Å². The summed E-state index contributed by atoms with van der Waals surface area (Å²) in [5.74, 6) is -1.18. The number of nitrogens with two attached hydrogens (primary N) is 1. The fraction of sp³-hybridized carbons (Fsp3) is 0.316. The van der Waals surface area contributed by atoms with E-state index in [1.165, 1.54) is 17.7 Å². The van der Waals surface area contributed by atoms with Gasteiger partial charge in [0.1, 0.15) is 12.2 Å². The molecule has 1 amide bonds. The van der Waals surface area contributed by atoms with E-state index in [-0.39, 0.29) is 37.1 Å². The first-order valence-corrected chi connectivity index (χ1v) is 11.4. The molecule has 5 N–H and O–H groups in total. The van der Waals surface area contributed by atoms with Crippen molar-refractivity contribution in [3.8, 4) is 0 Å². The molecule has 1 aromatic heterocycles.